The molecule has 0 aromatic heterocycles. The van der Waals surface area contributed by atoms with E-state index in [1.54, 1.807) is 12.1 Å². The molecule has 0 saturated carbocycles. The Hall–Kier alpha value is -1.58. The lowest BCUT2D eigenvalue weighted by Gasteiger charge is -2.06. The highest BCUT2D eigenvalue weighted by Crippen LogP contribution is 2.15. The molecule has 2 aromatic rings. The van der Waals surface area contributed by atoms with Gasteiger partial charge in [-0.3, -0.25) is 0 Å². The van der Waals surface area contributed by atoms with Crippen LogP contribution in [0.1, 0.15) is 11.1 Å². The number of halogens is 2. The van der Waals surface area contributed by atoms with Gasteiger partial charge in [0.1, 0.15) is 5.82 Å². The van der Waals surface area contributed by atoms with E-state index in [1.165, 1.54) is 12.1 Å². The van der Waals surface area contributed by atoms with Gasteiger partial charge in [0.15, 0.2) is 0 Å². The number of anilines is 1. The highest BCUT2D eigenvalue weighted by molar-refractivity contribution is 6.30. The molecule has 0 aliphatic heterocycles. The molecule has 0 aliphatic rings. The van der Waals surface area contributed by atoms with Gasteiger partial charge >= 0.3 is 0 Å². The van der Waals surface area contributed by atoms with E-state index >= 15 is 0 Å². The van der Waals surface area contributed by atoms with Crippen molar-refractivity contribution in [2.75, 3.05) is 5.73 Å². The zero-order valence-electron chi connectivity index (χ0n) is 9.70. The van der Waals surface area contributed by atoms with Gasteiger partial charge in [-0.05, 0) is 35.4 Å². The second kappa shape index (κ2) is 5.85. The molecule has 0 amide bonds. The van der Waals surface area contributed by atoms with Crippen molar-refractivity contribution in [3.63, 3.8) is 0 Å². The largest absolute Gasteiger partial charge is 0.396 e. The first-order chi connectivity index (χ1) is 8.65. The van der Waals surface area contributed by atoms with E-state index in [2.05, 4.69) is 0 Å². The van der Waals surface area contributed by atoms with Crippen LogP contribution in [0, 0.1) is 5.82 Å². The minimum atomic E-state index is -0.418. The molecule has 4 heteroatoms. The summed E-state index contributed by atoms with van der Waals surface area (Å²) in [4.78, 5) is 0. The van der Waals surface area contributed by atoms with Crippen LogP contribution < -0.4 is 5.73 Å². The third kappa shape index (κ3) is 3.45. The highest BCUT2D eigenvalue weighted by Gasteiger charge is 2.01. The summed E-state index contributed by atoms with van der Waals surface area (Å²) in [6.07, 6.45) is 0. The second-order valence-electron chi connectivity index (χ2n) is 3.98. The van der Waals surface area contributed by atoms with E-state index in [4.69, 9.17) is 22.1 Å². The molecule has 0 atom stereocenters. The fraction of sp³-hybridized carbons (Fsp3) is 0.143. The van der Waals surface area contributed by atoms with E-state index < -0.39 is 5.82 Å². The Bertz CT molecular complexity index is 545. The van der Waals surface area contributed by atoms with Crippen molar-refractivity contribution < 1.29 is 9.13 Å². The molecule has 0 saturated heterocycles. The minimum absolute atomic E-state index is 0.147. The van der Waals surface area contributed by atoms with Crippen molar-refractivity contribution in [3.05, 3.63) is 64.4 Å². The van der Waals surface area contributed by atoms with Crippen LogP contribution in [0.2, 0.25) is 5.02 Å². The van der Waals surface area contributed by atoms with E-state index in [-0.39, 0.29) is 5.69 Å². The maximum absolute atomic E-state index is 13.2. The topological polar surface area (TPSA) is 35.2 Å². The van der Waals surface area contributed by atoms with Crippen molar-refractivity contribution >= 4 is 17.3 Å². The van der Waals surface area contributed by atoms with Crippen LogP contribution >= 0.6 is 11.6 Å². The molecule has 2 N–H and O–H groups in total. The first-order valence-electron chi connectivity index (χ1n) is 5.51. The Kier molecular flexibility index (Phi) is 4.18. The Morgan fingerprint density at radius 1 is 1.06 bits per heavy atom. The van der Waals surface area contributed by atoms with Crippen LogP contribution in [-0.4, -0.2) is 0 Å². The summed E-state index contributed by atoms with van der Waals surface area (Å²) < 4.78 is 18.7. The molecule has 0 heterocycles. The van der Waals surface area contributed by atoms with E-state index in [1.807, 2.05) is 18.2 Å². The van der Waals surface area contributed by atoms with Gasteiger partial charge in [-0.1, -0.05) is 29.8 Å². The van der Waals surface area contributed by atoms with E-state index in [9.17, 15) is 4.39 Å². The standard InChI is InChI=1S/C14H13ClFNO/c15-12-3-1-2-10(6-12)8-18-9-11-4-5-14(17)13(16)7-11/h1-7H,8-9,17H2. The molecule has 2 rings (SSSR count). The SMILES string of the molecule is Nc1ccc(COCc2cccc(Cl)c2)cc1F. The van der Waals surface area contributed by atoms with Crippen molar-refractivity contribution in [1.29, 1.82) is 0 Å². The molecular weight excluding hydrogens is 253 g/mol. The number of benzene rings is 2. The maximum Gasteiger partial charge on any atom is 0.146 e. The Morgan fingerprint density at radius 3 is 2.44 bits per heavy atom. The van der Waals surface area contributed by atoms with E-state index in [0.717, 1.165) is 11.1 Å². The van der Waals surface area contributed by atoms with Gasteiger partial charge in [-0.15, -0.1) is 0 Å². The summed E-state index contributed by atoms with van der Waals surface area (Å²) in [6.45, 7) is 0.774. The number of nitrogens with two attached hydrogens (primary N) is 1. The Balaban J connectivity index is 1.90. The van der Waals surface area contributed by atoms with Crippen LogP contribution in [0.5, 0.6) is 0 Å². The Labute approximate surface area is 110 Å². The zero-order valence-corrected chi connectivity index (χ0v) is 10.5. The number of ether oxygens (including phenoxy) is 1. The quantitative estimate of drug-likeness (QED) is 0.854. The van der Waals surface area contributed by atoms with Gasteiger partial charge in [-0.2, -0.15) is 0 Å². The Morgan fingerprint density at radius 2 is 1.78 bits per heavy atom. The summed E-state index contributed by atoms with van der Waals surface area (Å²) >= 11 is 5.86. The molecule has 0 aliphatic carbocycles. The van der Waals surface area contributed by atoms with Crippen LogP contribution in [0.3, 0.4) is 0 Å². The van der Waals surface area contributed by atoms with Gasteiger partial charge in [-0.25, -0.2) is 4.39 Å². The molecular formula is C14H13ClFNO. The van der Waals surface area contributed by atoms with E-state index in [0.29, 0.717) is 18.2 Å². The molecule has 0 fully saturated rings. The third-order valence-corrected chi connectivity index (χ3v) is 2.73. The first kappa shape index (κ1) is 12.9. The van der Waals surface area contributed by atoms with Crippen molar-refractivity contribution in [1.82, 2.24) is 0 Å². The number of rotatable bonds is 4. The zero-order chi connectivity index (χ0) is 13.0. The number of nitrogen functional groups attached to an aromatic ring is 1. The van der Waals surface area contributed by atoms with Gasteiger partial charge < -0.3 is 10.5 Å². The molecule has 2 nitrogen and oxygen atoms in total. The average molecular weight is 266 g/mol. The normalized spacial score (nSPS) is 10.6. The monoisotopic (exact) mass is 265 g/mol. The molecule has 18 heavy (non-hydrogen) atoms. The average Bonchev–Trinajstić information content (AvgIpc) is 2.34. The fourth-order valence-corrected chi connectivity index (χ4v) is 1.79. The predicted molar refractivity (Wildman–Crippen MR) is 70.8 cm³/mol. The van der Waals surface area contributed by atoms with Gasteiger partial charge in [0.25, 0.3) is 0 Å². The third-order valence-electron chi connectivity index (χ3n) is 2.49. The van der Waals surface area contributed by atoms with Crippen molar-refractivity contribution in [2.45, 2.75) is 13.2 Å². The van der Waals surface area contributed by atoms with Gasteiger partial charge in [0.2, 0.25) is 0 Å². The molecule has 0 unspecified atom stereocenters. The lowest BCUT2D eigenvalue weighted by Crippen LogP contribution is -1.97. The lowest BCUT2D eigenvalue weighted by molar-refractivity contribution is 0.107. The lowest BCUT2D eigenvalue weighted by atomic mass is 10.2. The molecule has 0 spiro atoms. The van der Waals surface area contributed by atoms with Crippen LogP contribution in [0.4, 0.5) is 10.1 Å². The second-order valence-corrected chi connectivity index (χ2v) is 4.42. The smallest absolute Gasteiger partial charge is 0.146 e. The van der Waals surface area contributed by atoms with Gasteiger partial charge in [0.05, 0.1) is 18.9 Å². The molecule has 94 valence electrons. The minimum Gasteiger partial charge on any atom is -0.396 e. The van der Waals surface area contributed by atoms with Crippen LogP contribution in [-0.2, 0) is 18.0 Å². The summed E-state index contributed by atoms with van der Waals surface area (Å²) in [6, 6.07) is 12.1. The number of hydrogen-bond acceptors (Lipinski definition) is 2. The van der Waals surface area contributed by atoms with Crippen LogP contribution in [0.15, 0.2) is 42.5 Å². The van der Waals surface area contributed by atoms with Crippen molar-refractivity contribution in [2.24, 2.45) is 0 Å². The highest BCUT2D eigenvalue weighted by atomic mass is 35.5. The molecule has 0 radical (unpaired) electrons. The fourth-order valence-electron chi connectivity index (χ4n) is 1.57. The van der Waals surface area contributed by atoms with Gasteiger partial charge in [0, 0.05) is 5.02 Å². The van der Waals surface area contributed by atoms with Crippen LogP contribution in [0.25, 0.3) is 0 Å². The molecule has 2 aromatic carbocycles. The first-order valence-corrected chi connectivity index (χ1v) is 5.89. The predicted octanol–water partition coefficient (Wildman–Crippen LogP) is 3.78. The number of hydrogen-bond donors (Lipinski definition) is 1. The molecule has 0 bridgehead atoms. The van der Waals surface area contributed by atoms with Crippen molar-refractivity contribution in [3.8, 4) is 0 Å². The summed E-state index contributed by atoms with van der Waals surface area (Å²) in [5.41, 5.74) is 7.28. The maximum atomic E-state index is 13.2. The summed E-state index contributed by atoms with van der Waals surface area (Å²) in [7, 11) is 0. The summed E-state index contributed by atoms with van der Waals surface area (Å²) in [5.74, 6) is -0.418. The summed E-state index contributed by atoms with van der Waals surface area (Å²) in [5, 5.41) is 0.676.